The third kappa shape index (κ3) is 6.28. The molecule has 0 bridgehead atoms. The summed E-state index contributed by atoms with van der Waals surface area (Å²) in [5.41, 5.74) is 2.97. The number of aliphatic hydroxyl groups is 3. The highest BCUT2D eigenvalue weighted by Crippen LogP contribution is 2.28. The summed E-state index contributed by atoms with van der Waals surface area (Å²) in [5, 5.41) is 29.6. The smallest absolute Gasteiger partial charge is 0.0840 e. The van der Waals surface area contributed by atoms with Crippen LogP contribution in [0.5, 0.6) is 0 Å². The Hall–Kier alpha value is -1.46. The minimum absolute atomic E-state index is 0.00270. The van der Waals surface area contributed by atoms with Crippen LogP contribution in [0, 0.1) is 5.92 Å². The van der Waals surface area contributed by atoms with E-state index in [1.807, 2.05) is 24.3 Å². The zero-order chi connectivity index (χ0) is 19.9. The van der Waals surface area contributed by atoms with Gasteiger partial charge in [0.15, 0.2) is 0 Å². The summed E-state index contributed by atoms with van der Waals surface area (Å²) in [6.07, 6.45) is 7.09. The molecule has 0 amide bonds. The minimum atomic E-state index is -0.899. The van der Waals surface area contributed by atoms with Crippen molar-refractivity contribution in [1.82, 2.24) is 4.90 Å². The van der Waals surface area contributed by atoms with Crippen molar-refractivity contribution in [3.63, 3.8) is 0 Å². The van der Waals surface area contributed by atoms with Crippen LogP contribution in [-0.2, 0) is 5.60 Å². The van der Waals surface area contributed by atoms with E-state index in [1.54, 1.807) is 13.8 Å². The fraction of sp³-hybridized carbons (Fsp3) is 0.565. The molecule has 1 aromatic carbocycles. The molecule has 0 aliphatic carbocycles. The molecule has 1 fully saturated rings. The predicted molar refractivity (Wildman–Crippen MR) is 111 cm³/mol. The first kappa shape index (κ1) is 21.8. The Labute approximate surface area is 163 Å². The molecule has 0 saturated carbocycles. The Morgan fingerprint density at radius 2 is 2.04 bits per heavy atom. The van der Waals surface area contributed by atoms with Gasteiger partial charge in [-0.15, -0.1) is 0 Å². The van der Waals surface area contributed by atoms with Gasteiger partial charge in [0.1, 0.15) is 0 Å². The van der Waals surface area contributed by atoms with Crippen LogP contribution in [0.25, 0.3) is 5.57 Å². The zero-order valence-corrected chi connectivity index (χ0v) is 17.0. The van der Waals surface area contributed by atoms with Crippen molar-refractivity contribution >= 4 is 5.57 Å². The highest BCUT2D eigenvalue weighted by Gasteiger charge is 2.21. The van der Waals surface area contributed by atoms with E-state index in [-0.39, 0.29) is 13.2 Å². The Morgan fingerprint density at radius 3 is 2.63 bits per heavy atom. The SMILES string of the molecule is CC/C=C(CO)/C(=C\CCN1CCC(CO)C1)c1cccc(C(C)(C)O)c1. The van der Waals surface area contributed by atoms with E-state index in [0.717, 1.165) is 61.2 Å². The van der Waals surface area contributed by atoms with Gasteiger partial charge >= 0.3 is 0 Å². The van der Waals surface area contributed by atoms with E-state index in [9.17, 15) is 15.3 Å². The lowest BCUT2D eigenvalue weighted by atomic mass is 9.91. The molecule has 0 spiro atoms. The van der Waals surface area contributed by atoms with E-state index >= 15 is 0 Å². The maximum Gasteiger partial charge on any atom is 0.0840 e. The van der Waals surface area contributed by atoms with E-state index in [0.29, 0.717) is 5.92 Å². The van der Waals surface area contributed by atoms with Gasteiger partial charge < -0.3 is 20.2 Å². The monoisotopic (exact) mass is 373 g/mol. The van der Waals surface area contributed by atoms with Gasteiger partial charge in [-0.3, -0.25) is 0 Å². The van der Waals surface area contributed by atoms with E-state index in [4.69, 9.17) is 0 Å². The molecule has 4 nitrogen and oxygen atoms in total. The number of aliphatic hydroxyl groups excluding tert-OH is 2. The number of benzene rings is 1. The van der Waals surface area contributed by atoms with Crippen molar-refractivity contribution < 1.29 is 15.3 Å². The van der Waals surface area contributed by atoms with Gasteiger partial charge in [-0.25, -0.2) is 0 Å². The summed E-state index contributed by atoms with van der Waals surface area (Å²) >= 11 is 0. The second-order valence-corrected chi connectivity index (χ2v) is 7.98. The molecule has 1 heterocycles. The standard InChI is InChI=1S/C23H35NO3/c1-4-7-20(17-26)22(10-6-12-24-13-11-18(15-24)16-25)19-8-5-9-21(14-19)23(2,3)27/h5,7-10,14,18,25-27H,4,6,11-13,15-17H2,1-3H3/b20-7+,22-10-. The zero-order valence-electron chi connectivity index (χ0n) is 17.0. The molecule has 1 aliphatic heterocycles. The third-order valence-corrected chi connectivity index (χ3v) is 5.27. The van der Waals surface area contributed by atoms with Crippen molar-refractivity contribution in [1.29, 1.82) is 0 Å². The topological polar surface area (TPSA) is 63.9 Å². The van der Waals surface area contributed by atoms with Crippen LogP contribution in [-0.4, -0.2) is 53.1 Å². The lowest BCUT2D eigenvalue weighted by Gasteiger charge is -2.20. The summed E-state index contributed by atoms with van der Waals surface area (Å²) in [6, 6.07) is 7.95. The average Bonchev–Trinajstić information content (AvgIpc) is 3.11. The lowest BCUT2D eigenvalue weighted by Crippen LogP contribution is -2.22. The maximum atomic E-state index is 10.4. The first-order valence-corrected chi connectivity index (χ1v) is 10.1. The summed E-state index contributed by atoms with van der Waals surface area (Å²) in [6.45, 7) is 8.88. The van der Waals surface area contributed by atoms with Crippen LogP contribution in [0.15, 0.2) is 42.0 Å². The predicted octanol–water partition coefficient (Wildman–Crippen LogP) is 3.33. The molecular weight excluding hydrogens is 338 g/mol. The van der Waals surface area contributed by atoms with Crippen LogP contribution >= 0.6 is 0 Å². The molecule has 4 heteroatoms. The first-order valence-electron chi connectivity index (χ1n) is 10.1. The van der Waals surface area contributed by atoms with E-state index < -0.39 is 5.60 Å². The second-order valence-electron chi connectivity index (χ2n) is 7.98. The highest BCUT2D eigenvalue weighted by atomic mass is 16.3. The largest absolute Gasteiger partial charge is 0.396 e. The average molecular weight is 374 g/mol. The number of hydrogen-bond acceptors (Lipinski definition) is 4. The van der Waals surface area contributed by atoms with Gasteiger partial charge in [-0.05, 0) is 73.9 Å². The van der Waals surface area contributed by atoms with Crippen molar-refractivity contribution in [2.75, 3.05) is 32.8 Å². The van der Waals surface area contributed by atoms with Crippen molar-refractivity contribution in [2.45, 2.75) is 45.6 Å². The Bertz CT molecular complexity index is 658. The van der Waals surface area contributed by atoms with Gasteiger partial charge in [-0.1, -0.05) is 37.3 Å². The Balaban J connectivity index is 2.23. The number of nitrogens with zero attached hydrogens (tertiary/aromatic N) is 1. The third-order valence-electron chi connectivity index (χ3n) is 5.27. The Morgan fingerprint density at radius 1 is 1.26 bits per heavy atom. The maximum absolute atomic E-state index is 10.4. The molecule has 1 aromatic rings. The fourth-order valence-electron chi connectivity index (χ4n) is 3.66. The van der Waals surface area contributed by atoms with Crippen molar-refractivity contribution in [3.05, 3.63) is 53.1 Å². The summed E-state index contributed by atoms with van der Waals surface area (Å²) in [7, 11) is 0. The second kappa shape index (κ2) is 10.2. The molecule has 1 atom stereocenters. The first-order chi connectivity index (χ1) is 12.9. The van der Waals surface area contributed by atoms with Crippen LogP contribution < -0.4 is 0 Å². The van der Waals surface area contributed by atoms with Gasteiger partial charge in [0.2, 0.25) is 0 Å². The number of allylic oxidation sites excluding steroid dienone is 1. The quantitative estimate of drug-likeness (QED) is 0.581. The molecule has 0 radical (unpaired) electrons. The van der Waals surface area contributed by atoms with Crippen LogP contribution in [0.4, 0.5) is 0 Å². The molecule has 2 rings (SSSR count). The minimum Gasteiger partial charge on any atom is -0.396 e. The number of likely N-dealkylation sites (tertiary alicyclic amines) is 1. The van der Waals surface area contributed by atoms with Crippen LogP contribution in [0.3, 0.4) is 0 Å². The summed E-state index contributed by atoms with van der Waals surface area (Å²) in [4.78, 5) is 2.39. The molecule has 1 unspecified atom stereocenters. The van der Waals surface area contributed by atoms with Gasteiger partial charge in [0, 0.05) is 19.7 Å². The molecule has 1 saturated heterocycles. The molecule has 27 heavy (non-hydrogen) atoms. The van der Waals surface area contributed by atoms with E-state index in [1.165, 1.54) is 0 Å². The van der Waals surface area contributed by atoms with Crippen molar-refractivity contribution in [3.8, 4) is 0 Å². The number of hydrogen-bond donors (Lipinski definition) is 3. The molecule has 0 aromatic heterocycles. The Kier molecular flexibility index (Phi) is 8.24. The number of rotatable bonds is 9. The van der Waals surface area contributed by atoms with Crippen LogP contribution in [0.1, 0.15) is 51.2 Å². The summed E-state index contributed by atoms with van der Waals surface area (Å²) < 4.78 is 0. The lowest BCUT2D eigenvalue weighted by molar-refractivity contribution is 0.0786. The molecule has 3 N–H and O–H groups in total. The molecular formula is C23H35NO3. The van der Waals surface area contributed by atoms with Gasteiger partial charge in [0.05, 0.1) is 12.2 Å². The van der Waals surface area contributed by atoms with Crippen molar-refractivity contribution in [2.24, 2.45) is 5.92 Å². The van der Waals surface area contributed by atoms with Crippen LogP contribution in [0.2, 0.25) is 0 Å². The fourth-order valence-corrected chi connectivity index (χ4v) is 3.66. The van der Waals surface area contributed by atoms with Gasteiger partial charge in [-0.2, -0.15) is 0 Å². The van der Waals surface area contributed by atoms with Gasteiger partial charge in [0.25, 0.3) is 0 Å². The molecule has 1 aliphatic rings. The summed E-state index contributed by atoms with van der Waals surface area (Å²) in [5.74, 6) is 0.407. The normalized spacial score (nSPS) is 19.7. The van der Waals surface area contributed by atoms with E-state index in [2.05, 4.69) is 24.0 Å². The molecule has 150 valence electrons. The highest BCUT2D eigenvalue weighted by molar-refractivity contribution is 5.79.